The molecule has 1 aromatic carbocycles. The highest BCUT2D eigenvalue weighted by Gasteiger charge is 2.64. The van der Waals surface area contributed by atoms with Crippen LogP contribution in [0.25, 0.3) is 5.76 Å². The number of nitrogen functional groups attached to an aromatic ring is 2. The number of fused-ring (bicyclic) bond motifs is 3. The van der Waals surface area contributed by atoms with E-state index in [1.54, 1.807) is 0 Å². The molecule has 0 aromatic heterocycles. The third-order valence-corrected chi connectivity index (χ3v) is 6.78. The molecule has 0 aliphatic heterocycles. The lowest BCUT2D eigenvalue weighted by Gasteiger charge is -2.50. The predicted molar refractivity (Wildman–Crippen MR) is 113 cm³/mol. The molecule has 10 N–H and O–H groups in total. The van der Waals surface area contributed by atoms with E-state index in [2.05, 4.69) is 0 Å². The fraction of sp³-hybridized carbons (Fsp3) is 0.381. The van der Waals surface area contributed by atoms with Gasteiger partial charge in [-0.15, -0.1) is 0 Å². The summed E-state index contributed by atoms with van der Waals surface area (Å²) in [5.74, 6) is -7.22. The summed E-state index contributed by atoms with van der Waals surface area (Å²) in [7, 11) is 3.07. The van der Waals surface area contributed by atoms with E-state index in [9.17, 15) is 34.8 Å². The van der Waals surface area contributed by atoms with Crippen molar-refractivity contribution < 1.29 is 34.8 Å². The summed E-state index contributed by atoms with van der Waals surface area (Å²) in [4.78, 5) is 39.9. The van der Waals surface area contributed by atoms with E-state index < -0.39 is 63.8 Å². The maximum atomic E-state index is 13.6. The Balaban J connectivity index is 2.00. The van der Waals surface area contributed by atoms with Crippen LogP contribution in [0.15, 0.2) is 23.0 Å². The standard InChI is InChI=1S/C21H24N4O7/c1-25(2)14-8-4-6-3-7-9(22)5-10(23)15(26)12(7)16(27)11(6)18(29)21(8,32)19(30)13(17(14)28)20(24)31/h5-6,8,14,26-27,30,32H,3-4,22-23H2,1-2H3,(H2,24,31)/t6?,8?,14-,21-/m0/s1. The van der Waals surface area contributed by atoms with Gasteiger partial charge < -0.3 is 37.6 Å². The van der Waals surface area contributed by atoms with Gasteiger partial charge in [-0.25, -0.2) is 0 Å². The second kappa shape index (κ2) is 6.71. The number of carbonyl (C=O) groups is 3. The van der Waals surface area contributed by atoms with Crippen molar-refractivity contribution in [2.24, 2.45) is 17.6 Å². The monoisotopic (exact) mass is 444 g/mol. The quantitative estimate of drug-likeness (QED) is 0.129. The number of phenolic OH excluding ortho intramolecular Hbond substituents is 1. The molecule has 0 radical (unpaired) electrons. The molecular weight excluding hydrogens is 420 g/mol. The molecule has 0 spiro atoms. The van der Waals surface area contributed by atoms with Crippen LogP contribution < -0.4 is 17.2 Å². The molecule has 0 bridgehead atoms. The van der Waals surface area contributed by atoms with Crippen LogP contribution in [0.3, 0.4) is 0 Å². The number of primary amides is 1. The Morgan fingerprint density at radius 2 is 1.78 bits per heavy atom. The minimum Gasteiger partial charge on any atom is -0.508 e. The summed E-state index contributed by atoms with van der Waals surface area (Å²) >= 11 is 0. The highest BCUT2D eigenvalue weighted by Crippen LogP contribution is 2.53. The van der Waals surface area contributed by atoms with Gasteiger partial charge in [0, 0.05) is 17.2 Å². The molecule has 0 heterocycles. The first-order chi connectivity index (χ1) is 14.8. The van der Waals surface area contributed by atoms with E-state index in [4.69, 9.17) is 17.2 Å². The van der Waals surface area contributed by atoms with Crippen LogP contribution in [0.4, 0.5) is 11.4 Å². The van der Waals surface area contributed by atoms with Crippen LogP contribution in [0.5, 0.6) is 5.75 Å². The first kappa shape index (κ1) is 21.7. The van der Waals surface area contributed by atoms with Gasteiger partial charge in [-0.1, -0.05) is 0 Å². The SMILES string of the molecule is CN(C)[C@@H]1C(=O)C(C(N)=O)=C(O)[C@@]2(O)C(=O)C3=C(O)c4c(O)c(N)cc(N)c4CC3CC12. The summed E-state index contributed by atoms with van der Waals surface area (Å²) in [6.07, 6.45) is 0.116. The first-order valence-electron chi connectivity index (χ1n) is 9.88. The van der Waals surface area contributed by atoms with E-state index in [0.717, 1.165) is 0 Å². The number of aliphatic hydroxyl groups excluding tert-OH is 2. The lowest BCUT2D eigenvalue weighted by atomic mass is 9.57. The number of nitrogens with zero attached hydrogens (tertiary/aromatic N) is 1. The van der Waals surface area contributed by atoms with Crippen LogP contribution in [-0.4, -0.2) is 68.5 Å². The van der Waals surface area contributed by atoms with Gasteiger partial charge in [-0.2, -0.15) is 0 Å². The average molecular weight is 444 g/mol. The number of amides is 1. The molecule has 4 rings (SSSR count). The number of anilines is 2. The van der Waals surface area contributed by atoms with Gasteiger partial charge in [-0.3, -0.25) is 19.3 Å². The van der Waals surface area contributed by atoms with Crippen molar-refractivity contribution in [3.05, 3.63) is 34.1 Å². The Kier molecular flexibility index (Phi) is 4.54. The number of hydrogen-bond acceptors (Lipinski definition) is 10. The summed E-state index contributed by atoms with van der Waals surface area (Å²) < 4.78 is 0. The number of aliphatic hydroxyl groups is 3. The van der Waals surface area contributed by atoms with Gasteiger partial charge in [0.05, 0.1) is 17.3 Å². The smallest absolute Gasteiger partial charge is 0.255 e. The third kappa shape index (κ3) is 2.52. The topological polar surface area (TPSA) is 213 Å². The second-order valence-electron chi connectivity index (χ2n) is 8.72. The zero-order valence-electron chi connectivity index (χ0n) is 17.4. The Morgan fingerprint density at radius 3 is 2.34 bits per heavy atom. The van der Waals surface area contributed by atoms with Gasteiger partial charge in [0.1, 0.15) is 22.8 Å². The van der Waals surface area contributed by atoms with Gasteiger partial charge in [0.15, 0.2) is 11.4 Å². The minimum absolute atomic E-state index is 0.00363. The summed E-state index contributed by atoms with van der Waals surface area (Å²) in [5, 5.41) is 43.6. The Morgan fingerprint density at radius 1 is 1.16 bits per heavy atom. The summed E-state index contributed by atoms with van der Waals surface area (Å²) in [5.41, 5.74) is 13.6. The molecule has 1 amide bonds. The molecule has 3 aliphatic carbocycles. The van der Waals surface area contributed by atoms with Crippen LogP contribution >= 0.6 is 0 Å². The van der Waals surface area contributed by atoms with Crippen LogP contribution in [0.2, 0.25) is 0 Å². The molecule has 0 saturated heterocycles. The van der Waals surface area contributed by atoms with E-state index in [-0.39, 0.29) is 35.4 Å². The molecule has 1 aromatic rings. The lowest BCUT2D eigenvalue weighted by molar-refractivity contribution is -0.153. The van der Waals surface area contributed by atoms with E-state index in [1.165, 1.54) is 25.1 Å². The van der Waals surface area contributed by atoms with E-state index in [1.807, 2.05) is 0 Å². The van der Waals surface area contributed by atoms with E-state index >= 15 is 0 Å². The van der Waals surface area contributed by atoms with Gasteiger partial charge in [0.25, 0.3) is 5.91 Å². The highest BCUT2D eigenvalue weighted by molar-refractivity contribution is 6.24. The molecule has 1 saturated carbocycles. The van der Waals surface area contributed by atoms with Gasteiger partial charge >= 0.3 is 0 Å². The van der Waals surface area contributed by atoms with Crippen molar-refractivity contribution in [2.45, 2.75) is 24.5 Å². The van der Waals surface area contributed by atoms with Crippen LogP contribution in [0.1, 0.15) is 17.5 Å². The van der Waals surface area contributed by atoms with Crippen molar-refractivity contribution in [2.75, 3.05) is 25.6 Å². The molecule has 4 atom stereocenters. The highest BCUT2D eigenvalue weighted by atomic mass is 16.3. The number of phenols is 1. The minimum atomic E-state index is -2.67. The predicted octanol–water partition coefficient (Wildman–Crippen LogP) is -0.872. The number of carbonyl (C=O) groups excluding carboxylic acids is 3. The molecule has 3 aliphatic rings. The molecule has 11 nitrogen and oxygen atoms in total. The second-order valence-corrected chi connectivity index (χ2v) is 8.72. The number of hydrogen-bond donors (Lipinski definition) is 7. The van der Waals surface area contributed by atoms with Crippen molar-refractivity contribution in [3.8, 4) is 5.75 Å². The lowest BCUT2D eigenvalue weighted by Crippen LogP contribution is -2.65. The normalized spacial score (nSPS) is 29.7. The molecular formula is C21H24N4O7. The summed E-state index contributed by atoms with van der Waals surface area (Å²) in [6, 6.07) is 0.207. The fourth-order valence-corrected chi connectivity index (χ4v) is 5.36. The summed E-state index contributed by atoms with van der Waals surface area (Å²) in [6.45, 7) is 0. The van der Waals surface area contributed by atoms with Crippen LogP contribution in [-0.2, 0) is 20.8 Å². The zero-order valence-corrected chi connectivity index (χ0v) is 17.4. The van der Waals surface area contributed by atoms with Crippen molar-refractivity contribution in [1.29, 1.82) is 0 Å². The maximum Gasteiger partial charge on any atom is 0.255 e. The van der Waals surface area contributed by atoms with Gasteiger partial charge in [0.2, 0.25) is 5.78 Å². The van der Waals surface area contributed by atoms with Crippen molar-refractivity contribution in [1.82, 2.24) is 4.90 Å². The number of likely N-dealkylation sites (N-methyl/N-ethyl adjacent to an activating group) is 1. The number of Topliss-reactive ketones (excluding diaryl/α,β-unsaturated/α-hetero) is 2. The number of nitrogens with two attached hydrogens (primary N) is 3. The maximum absolute atomic E-state index is 13.6. The number of ketones is 2. The Hall–Kier alpha value is -3.57. The van der Waals surface area contributed by atoms with Gasteiger partial charge in [-0.05, 0) is 44.5 Å². The molecule has 32 heavy (non-hydrogen) atoms. The van der Waals surface area contributed by atoms with Crippen molar-refractivity contribution >= 4 is 34.6 Å². The molecule has 1 fully saturated rings. The third-order valence-electron chi connectivity index (χ3n) is 6.78. The number of rotatable bonds is 2. The Bertz CT molecular complexity index is 1170. The molecule has 11 heteroatoms. The zero-order chi connectivity index (χ0) is 23.9. The van der Waals surface area contributed by atoms with Crippen LogP contribution in [0, 0.1) is 11.8 Å². The Labute approximate surface area is 182 Å². The van der Waals surface area contributed by atoms with Crippen molar-refractivity contribution in [3.63, 3.8) is 0 Å². The molecule has 2 unspecified atom stereocenters. The number of benzene rings is 1. The fourth-order valence-electron chi connectivity index (χ4n) is 5.36. The number of aromatic hydroxyl groups is 1. The molecule has 170 valence electrons. The first-order valence-corrected chi connectivity index (χ1v) is 9.88. The van der Waals surface area contributed by atoms with E-state index in [0.29, 0.717) is 5.56 Å². The largest absolute Gasteiger partial charge is 0.508 e. The average Bonchev–Trinajstić information content (AvgIpc) is 2.68.